The minimum Gasteiger partial charge on any atom is -0.389 e. The summed E-state index contributed by atoms with van der Waals surface area (Å²) in [4.78, 5) is 13.2. The van der Waals surface area contributed by atoms with Crippen LogP contribution in [0, 0.1) is 0 Å². The summed E-state index contributed by atoms with van der Waals surface area (Å²) in [6.07, 6.45) is -0.328. The molecule has 0 aromatic carbocycles. The molecule has 1 aliphatic heterocycles. The van der Waals surface area contributed by atoms with Crippen molar-refractivity contribution in [1.29, 1.82) is 0 Å². The van der Waals surface area contributed by atoms with Crippen molar-refractivity contribution in [3.05, 3.63) is 20.8 Å². The van der Waals surface area contributed by atoms with Gasteiger partial charge in [-0.1, -0.05) is 0 Å². The summed E-state index contributed by atoms with van der Waals surface area (Å²) in [7, 11) is 0. The lowest BCUT2D eigenvalue weighted by Crippen LogP contribution is -2.53. The Balaban J connectivity index is 2.06. The van der Waals surface area contributed by atoms with Crippen LogP contribution in [0.3, 0.4) is 0 Å². The molecule has 2 heterocycles. The van der Waals surface area contributed by atoms with Gasteiger partial charge in [-0.05, 0) is 22.0 Å². The van der Waals surface area contributed by atoms with Crippen molar-refractivity contribution in [2.75, 3.05) is 13.1 Å². The van der Waals surface area contributed by atoms with Gasteiger partial charge in [0, 0.05) is 18.5 Å². The number of nitrogens with zero attached hydrogens (tertiary/aromatic N) is 1. The van der Waals surface area contributed by atoms with Crippen molar-refractivity contribution in [3.8, 4) is 0 Å². The largest absolute Gasteiger partial charge is 0.389 e. The van der Waals surface area contributed by atoms with Crippen molar-refractivity contribution in [2.24, 2.45) is 0 Å². The van der Waals surface area contributed by atoms with Crippen LogP contribution in [0.1, 0.15) is 10.4 Å². The summed E-state index contributed by atoms with van der Waals surface area (Å²) >= 11 is 4.79. The zero-order chi connectivity index (χ0) is 9.42. The number of hydrogen-bond acceptors (Lipinski definition) is 3. The number of halogens is 1. The van der Waals surface area contributed by atoms with E-state index in [9.17, 15) is 4.79 Å². The Labute approximate surface area is 88.1 Å². The molecule has 1 aromatic rings. The Morgan fingerprint density at radius 2 is 2.38 bits per heavy atom. The van der Waals surface area contributed by atoms with E-state index in [1.165, 1.54) is 11.3 Å². The number of rotatable bonds is 1. The van der Waals surface area contributed by atoms with Crippen molar-refractivity contribution < 1.29 is 9.90 Å². The minimum absolute atomic E-state index is 0.00671. The van der Waals surface area contributed by atoms with E-state index in [2.05, 4.69) is 15.9 Å². The van der Waals surface area contributed by atoms with Gasteiger partial charge in [0.25, 0.3) is 5.91 Å². The molecule has 0 aliphatic carbocycles. The number of likely N-dealkylation sites (tertiary alicyclic amines) is 1. The van der Waals surface area contributed by atoms with Gasteiger partial charge in [-0.2, -0.15) is 0 Å². The molecular weight excluding hydrogens is 254 g/mol. The summed E-state index contributed by atoms with van der Waals surface area (Å²) in [5.74, 6) is 0.00671. The average Bonchev–Trinajstić information content (AvgIpc) is 2.45. The van der Waals surface area contributed by atoms with Crippen molar-refractivity contribution >= 4 is 33.2 Å². The third-order valence-electron chi connectivity index (χ3n) is 1.96. The van der Waals surface area contributed by atoms with E-state index in [4.69, 9.17) is 5.11 Å². The first-order chi connectivity index (χ1) is 6.16. The van der Waals surface area contributed by atoms with Gasteiger partial charge in [-0.25, -0.2) is 0 Å². The molecule has 1 fully saturated rings. The van der Waals surface area contributed by atoms with Crippen LogP contribution in [0.25, 0.3) is 0 Å². The van der Waals surface area contributed by atoms with E-state index in [-0.39, 0.29) is 12.0 Å². The highest BCUT2D eigenvalue weighted by Gasteiger charge is 2.29. The number of aliphatic hydroxyl groups excluding tert-OH is 1. The fourth-order valence-corrected chi connectivity index (χ4v) is 2.36. The Hall–Kier alpha value is -0.390. The molecule has 2 rings (SSSR count). The maximum atomic E-state index is 11.6. The molecule has 0 spiro atoms. The Kier molecular flexibility index (Phi) is 2.40. The van der Waals surface area contributed by atoms with Crippen LogP contribution in [0.4, 0.5) is 0 Å². The first kappa shape index (κ1) is 9.18. The second-order valence-corrected chi connectivity index (χ2v) is 5.29. The monoisotopic (exact) mass is 261 g/mol. The van der Waals surface area contributed by atoms with E-state index in [0.717, 1.165) is 3.79 Å². The average molecular weight is 262 g/mol. The molecule has 0 unspecified atom stereocenters. The maximum Gasteiger partial charge on any atom is 0.254 e. The van der Waals surface area contributed by atoms with Crippen LogP contribution < -0.4 is 0 Å². The van der Waals surface area contributed by atoms with Crippen LogP contribution in [-0.2, 0) is 0 Å². The third-order valence-corrected chi connectivity index (χ3v) is 3.47. The van der Waals surface area contributed by atoms with Gasteiger partial charge >= 0.3 is 0 Å². The first-order valence-corrected chi connectivity index (χ1v) is 5.55. The predicted molar refractivity (Wildman–Crippen MR) is 53.9 cm³/mol. The quantitative estimate of drug-likeness (QED) is 0.829. The van der Waals surface area contributed by atoms with Gasteiger partial charge < -0.3 is 10.0 Å². The lowest BCUT2D eigenvalue weighted by molar-refractivity contribution is 0.00593. The summed E-state index contributed by atoms with van der Waals surface area (Å²) < 4.78 is 0.955. The van der Waals surface area contributed by atoms with Gasteiger partial charge in [0.15, 0.2) is 0 Å². The fourth-order valence-electron chi connectivity index (χ4n) is 1.23. The molecule has 0 bridgehead atoms. The number of amides is 1. The normalized spacial score (nSPS) is 17.2. The smallest absolute Gasteiger partial charge is 0.254 e. The molecule has 5 heteroatoms. The molecule has 1 aromatic heterocycles. The number of thiophene rings is 1. The van der Waals surface area contributed by atoms with Crippen LogP contribution in [0.5, 0.6) is 0 Å². The topological polar surface area (TPSA) is 40.5 Å². The number of β-amino-alcohol motifs (C(OH)–C–C–N with tert-alkyl or cyclic N) is 1. The maximum absolute atomic E-state index is 11.6. The lowest BCUT2D eigenvalue weighted by atomic mass is 10.1. The van der Waals surface area contributed by atoms with Crippen LogP contribution in [-0.4, -0.2) is 35.1 Å². The third kappa shape index (κ3) is 1.77. The molecule has 1 N–H and O–H groups in total. The van der Waals surface area contributed by atoms with E-state index < -0.39 is 0 Å². The van der Waals surface area contributed by atoms with E-state index in [0.29, 0.717) is 18.7 Å². The number of carbonyl (C=O) groups excluding carboxylic acids is 1. The van der Waals surface area contributed by atoms with Crippen molar-refractivity contribution in [1.82, 2.24) is 4.90 Å². The van der Waals surface area contributed by atoms with E-state index >= 15 is 0 Å². The van der Waals surface area contributed by atoms with Crippen molar-refractivity contribution in [2.45, 2.75) is 6.10 Å². The molecule has 1 amide bonds. The van der Waals surface area contributed by atoms with Gasteiger partial charge in [0.05, 0.1) is 15.5 Å². The van der Waals surface area contributed by atoms with Crippen LogP contribution >= 0.6 is 27.3 Å². The lowest BCUT2D eigenvalue weighted by Gasteiger charge is -2.35. The van der Waals surface area contributed by atoms with Crippen LogP contribution in [0.15, 0.2) is 15.2 Å². The summed E-state index contributed by atoms with van der Waals surface area (Å²) in [5.41, 5.74) is 0.698. The van der Waals surface area contributed by atoms with E-state index in [1.807, 2.05) is 5.38 Å². The SMILES string of the molecule is O=C(c1csc(Br)c1)N1CC(O)C1. The van der Waals surface area contributed by atoms with E-state index in [1.54, 1.807) is 11.0 Å². The molecule has 3 nitrogen and oxygen atoms in total. The highest BCUT2D eigenvalue weighted by molar-refractivity contribution is 9.11. The van der Waals surface area contributed by atoms with Crippen LogP contribution in [0.2, 0.25) is 0 Å². The Morgan fingerprint density at radius 3 is 2.85 bits per heavy atom. The van der Waals surface area contributed by atoms with Gasteiger partial charge in [0.1, 0.15) is 0 Å². The summed E-state index contributed by atoms with van der Waals surface area (Å²) in [6.45, 7) is 0.929. The van der Waals surface area contributed by atoms with Crippen molar-refractivity contribution in [3.63, 3.8) is 0 Å². The second kappa shape index (κ2) is 3.40. The summed E-state index contributed by atoms with van der Waals surface area (Å²) in [5, 5.41) is 10.8. The standard InChI is InChI=1S/C8H8BrNO2S/c9-7-1-5(4-13-7)8(12)10-2-6(11)3-10/h1,4,6,11H,2-3H2. The zero-order valence-corrected chi connectivity index (χ0v) is 9.14. The summed E-state index contributed by atoms with van der Waals surface area (Å²) in [6, 6.07) is 1.80. The van der Waals surface area contributed by atoms with Gasteiger partial charge in [-0.3, -0.25) is 4.79 Å². The highest BCUT2D eigenvalue weighted by Crippen LogP contribution is 2.23. The Morgan fingerprint density at radius 1 is 1.69 bits per heavy atom. The van der Waals surface area contributed by atoms with Gasteiger partial charge in [-0.15, -0.1) is 11.3 Å². The number of carbonyl (C=O) groups is 1. The molecule has 0 saturated carbocycles. The second-order valence-electron chi connectivity index (χ2n) is 3.00. The molecule has 70 valence electrons. The number of hydrogen-bond donors (Lipinski definition) is 1. The molecule has 1 aliphatic rings. The molecule has 0 atom stereocenters. The predicted octanol–water partition coefficient (Wildman–Crippen LogP) is 1.33. The molecule has 13 heavy (non-hydrogen) atoms. The Bertz CT molecular complexity index is 333. The molecule has 1 saturated heterocycles. The zero-order valence-electron chi connectivity index (χ0n) is 6.74. The molecule has 0 radical (unpaired) electrons. The fraction of sp³-hybridized carbons (Fsp3) is 0.375. The van der Waals surface area contributed by atoms with Gasteiger partial charge in [0.2, 0.25) is 0 Å². The number of aliphatic hydroxyl groups is 1. The minimum atomic E-state index is -0.328. The first-order valence-electron chi connectivity index (χ1n) is 3.88. The molecular formula is C8H8BrNO2S. The highest BCUT2D eigenvalue weighted by atomic mass is 79.9.